The molecule has 0 bridgehead atoms. The Morgan fingerprint density at radius 3 is 1.74 bits per heavy atom. The average molecular weight is 310 g/mol. The third-order valence-corrected chi connectivity index (χ3v) is 3.96. The van der Waals surface area contributed by atoms with Crippen LogP contribution in [0.15, 0.2) is 49.6 Å². The molecule has 0 spiro atoms. The average Bonchev–Trinajstić information content (AvgIpc) is 3.15. The first kappa shape index (κ1) is 15.3. The number of aromatic nitrogens is 4. The molecule has 0 saturated carbocycles. The number of rotatable bonds is 4. The molecular formula is C18H22N4O. The zero-order valence-corrected chi connectivity index (χ0v) is 13.8. The summed E-state index contributed by atoms with van der Waals surface area (Å²) >= 11 is 0. The van der Waals surface area contributed by atoms with E-state index in [2.05, 4.69) is 42.9 Å². The Kier molecular flexibility index (Phi) is 3.94. The molecule has 0 amide bonds. The van der Waals surface area contributed by atoms with Gasteiger partial charge in [-0.1, -0.05) is 20.8 Å². The van der Waals surface area contributed by atoms with Gasteiger partial charge in [0.05, 0.1) is 25.7 Å². The second-order valence-electron chi connectivity index (χ2n) is 6.86. The van der Waals surface area contributed by atoms with Gasteiger partial charge >= 0.3 is 0 Å². The second-order valence-corrected chi connectivity index (χ2v) is 6.86. The normalized spacial score (nSPS) is 11.8. The summed E-state index contributed by atoms with van der Waals surface area (Å²) in [6.45, 7) is 7.75. The number of aromatic hydroxyl groups is 1. The Labute approximate surface area is 136 Å². The monoisotopic (exact) mass is 310 g/mol. The van der Waals surface area contributed by atoms with Crippen LogP contribution >= 0.6 is 0 Å². The molecule has 0 radical (unpaired) electrons. The van der Waals surface area contributed by atoms with Crippen molar-refractivity contribution in [2.24, 2.45) is 0 Å². The molecule has 1 N–H and O–H groups in total. The van der Waals surface area contributed by atoms with Crippen LogP contribution < -0.4 is 0 Å². The van der Waals surface area contributed by atoms with E-state index >= 15 is 0 Å². The van der Waals surface area contributed by atoms with Crippen LogP contribution in [0.3, 0.4) is 0 Å². The van der Waals surface area contributed by atoms with E-state index < -0.39 is 0 Å². The molecule has 0 saturated heterocycles. The van der Waals surface area contributed by atoms with E-state index in [0.29, 0.717) is 18.8 Å². The molecule has 0 atom stereocenters. The van der Waals surface area contributed by atoms with Crippen molar-refractivity contribution in [3.8, 4) is 5.75 Å². The van der Waals surface area contributed by atoms with Crippen molar-refractivity contribution in [3.63, 3.8) is 0 Å². The highest BCUT2D eigenvalue weighted by Gasteiger charge is 2.19. The molecular weight excluding hydrogens is 288 g/mol. The van der Waals surface area contributed by atoms with E-state index in [1.165, 1.54) is 5.56 Å². The van der Waals surface area contributed by atoms with Crippen molar-refractivity contribution >= 4 is 0 Å². The zero-order chi connectivity index (χ0) is 16.4. The van der Waals surface area contributed by atoms with Gasteiger partial charge < -0.3 is 14.2 Å². The number of nitrogens with zero attached hydrogens (tertiary/aromatic N) is 4. The summed E-state index contributed by atoms with van der Waals surface area (Å²) in [7, 11) is 0. The van der Waals surface area contributed by atoms with Gasteiger partial charge in [-0.2, -0.15) is 0 Å². The minimum absolute atomic E-state index is 0.0150. The third kappa shape index (κ3) is 3.44. The number of hydrogen-bond donors (Lipinski definition) is 1. The lowest BCUT2D eigenvalue weighted by atomic mass is 9.84. The van der Waals surface area contributed by atoms with E-state index in [4.69, 9.17) is 0 Å². The molecule has 23 heavy (non-hydrogen) atoms. The molecule has 0 aliphatic heterocycles. The molecule has 5 nitrogen and oxygen atoms in total. The maximum absolute atomic E-state index is 10.7. The zero-order valence-electron chi connectivity index (χ0n) is 13.8. The van der Waals surface area contributed by atoms with Crippen LogP contribution in [0, 0.1) is 0 Å². The maximum atomic E-state index is 10.7. The predicted octanol–water partition coefficient (Wildman–Crippen LogP) is 3.18. The van der Waals surface area contributed by atoms with Gasteiger partial charge in [-0.25, -0.2) is 9.97 Å². The summed E-state index contributed by atoms with van der Waals surface area (Å²) < 4.78 is 3.92. The summed E-state index contributed by atoms with van der Waals surface area (Å²) in [4.78, 5) is 8.14. The molecule has 0 unspecified atom stereocenters. The van der Waals surface area contributed by atoms with Crippen molar-refractivity contribution in [1.29, 1.82) is 0 Å². The first-order valence-corrected chi connectivity index (χ1v) is 7.70. The lowest BCUT2D eigenvalue weighted by Gasteiger charge is -2.23. The van der Waals surface area contributed by atoms with Crippen molar-refractivity contribution in [2.75, 3.05) is 0 Å². The van der Waals surface area contributed by atoms with E-state index in [0.717, 1.165) is 11.1 Å². The molecule has 3 aromatic rings. The van der Waals surface area contributed by atoms with Gasteiger partial charge in [0, 0.05) is 35.9 Å². The molecule has 1 aromatic carbocycles. The largest absolute Gasteiger partial charge is 0.507 e. The van der Waals surface area contributed by atoms with Gasteiger partial charge in [-0.05, 0) is 23.1 Å². The fourth-order valence-corrected chi connectivity index (χ4v) is 2.59. The van der Waals surface area contributed by atoms with Gasteiger partial charge in [0.1, 0.15) is 5.75 Å². The Morgan fingerprint density at radius 2 is 1.39 bits per heavy atom. The summed E-state index contributed by atoms with van der Waals surface area (Å²) in [6, 6.07) is 4.18. The number of hydrogen-bond acceptors (Lipinski definition) is 3. The van der Waals surface area contributed by atoms with Gasteiger partial charge in [0.15, 0.2) is 0 Å². The first-order valence-electron chi connectivity index (χ1n) is 7.70. The summed E-state index contributed by atoms with van der Waals surface area (Å²) in [5.41, 5.74) is 3.04. The molecule has 5 heteroatoms. The van der Waals surface area contributed by atoms with Crippen molar-refractivity contribution < 1.29 is 5.11 Å². The quantitative estimate of drug-likeness (QED) is 0.805. The number of benzene rings is 1. The predicted molar refractivity (Wildman–Crippen MR) is 89.5 cm³/mol. The van der Waals surface area contributed by atoms with Gasteiger partial charge in [-0.15, -0.1) is 0 Å². The third-order valence-electron chi connectivity index (χ3n) is 3.96. The molecule has 0 aliphatic carbocycles. The SMILES string of the molecule is CC(C)(C)c1cc(Cn2ccnc2)c(O)c(Cn2ccnc2)c1. The van der Waals surface area contributed by atoms with Crippen molar-refractivity contribution in [3.05, 3.63) is 66.3 Å². The van der Waals surface area contributed by atoms with Crippen LogP contribution in [-0.4, -0.2) is 24.2 Å². The van der Waals surface area contributed by atoms with Crippen LogP contribution in [0.1, 0.15) is 37.5 Å². The number of phenolic OH excluding ortho intramolecular Hbond substituents is 1. The Morgan fingerprint density at radius 1 is 0.913 bits per heavy atom. The van der Waals surface area contributed by atoms with E-state index in [1.54, 1.807) is 25.0 Å². The summed E-state index contributed by atoms with van der Waals surface area (Å²) in [5.74, 6) is 0.348. The minimum atomic E-state index is 0.0150. The van der Waals surface area contributed by atoms with Crippen molar-refractivity contribution in [1.82, 2.24) is 19.1 Å². The van der Waals surface area contributed by atoms with Crippen LogP contribution in [0.25, 0.3) is 0 Å². The van der Waals surface area contributed by atoms with E-state index in [1.807, 2.05) is 21.5 Å². The second kappa shape index (κ2) is 5.91. The standard InChI is InChI=1S/C18H22N4O/c1-18(2,3)16-8-14(10-21-6-4-19-12-21)17(23)15(9-16)11-22-7-5-20-13-22/h4-9,12-13,23H,10-11H2,1-3H3. The lowest BCUT2D eigenvalue weighted by molar-refractivity contribution is 0.454. The van der Waals surface area contributed by atoms with Crippen LogP contribution in [0.5, 0.6) is 5.75 Å². The van der Waals surface area contributed by atoms with E-state index in [-0.39, 0.29) is 5.41 Å². The van der Waals surface area contributed by atoms with Crippen molar-refractivity contribution in [2.45, 2.75) is 39.3 Å². The maximum Gasteiger partial charge on any atom is 0.125 e. The smallest absolute Gasteiger partial charge is 0.125 e. The Balaban J connectivity index is 2.03. The van der Waals surface area contributed by atoms with Gasteiger partial charge in [0.2, 0.25) is 0 Å². The lowest BCUT2D eigenvalue weighted by Crippen LogP contribution is -2.14. The van der Waals surface area contributed by atoms with Crippen LogP contribution in [0.4, 0.5) is 0 Å². The highest BCUT2D eigenvalue weighted by molar-refractivity contribution is 5.46. The molecule has 0 aliphatic rings. The molecule has 2 heterocycles. The van der Waals surface area contributed by atoms with E-state index in [9.17, 15) is 5.11 Å². The van der Waals surface area contributed by atoms with Gasteiger partial charge in [0.25, 0.3) is 0 Å². The number of imidazole rings is 2. The fourth-order valence-electron chi connectivity index (χ4n) is 2.59. The number of phenols is 1. The molecule has 2 aromatic heterocycles. The van der Waals surface area contributed by atoms with Crippen LogP contribution in [0.2, 0.25) is 0 Å². The summed E-state index contributed by atoms with van der Waals surface area (Å²) in [6.07, 6.45) is 10.8. The molecule has 120 valence electrons. The molecule has 0 fully saturated rings. The first-order chi connectivity index (χ1) is 10.9. The summed E-state index contributed by atoms with van der Waals surface area (Å²) in [5, 5.41) is 10.7. The Hall–Kier alpha value is -2.56. The van der Waals surface area contributed by atoms with Gasteiger partial charge in [-0.3, -0.25) is 0 Å². The fraction of sp³-hybridized carbons (Fsp3) is 0.333. The highest BCUT2D eigenvalue weighted by atomic mass is 16.3. The minimum Gasteiger partial charge on any atom is -0.507 e. The topological polar surface area (TPSA) is 55.9 Å². The van der Waals surface area contributed by atoms with Crippen LogP contribution in [-0.2, 0) is 18.5 Å². The highest BCUT2D eigenvalue weighted by Crippen LogP contribution is 2.32. The Bertz CT molecular complexity index is 711. The molecule has 3 rings (SSSR count).